The van der Waals surface area contributed by atoms with Crippen LogP contribution in [-0.4, -0.2) is 98.5 Å². The van der Waals surface area contributed by atoms with Crippen molar-refractivity contribution in [1.82, 2.24) is 41.6 Å². The van der Waals surface area contributed by atoms with Crippen LogP contribution in [0.2, 0.25) is 0 Å². The monoisotopic (exact) mass is 843 g/mol. The molecule has 0 radical (unpaired) electrons. The van der Waals surface area contributed by atoms with Gasteiger partial charge in [-0.2, -0.15) is 16.9 Å². The van der Waals surface area contributed by atoms with E-state index < -0.39 is 41.9 Å². The van der Waals surface area contributed by atoms with E-state index in [0.717, 1.165) is 62.1 Å². The Kier molecular flexibility index (Phi) is 12.8. The van der Waals surface area contributed by atoms with Crippen molar-refractivity contribution in [1.29, 1.82) is 0 Å². The Morgan fingerprint density at radius 1 is 0.770 bits per heavy atom. The Morgan fingerprint density at radius 2 is 1.41 bits per heavy atom. The van der Waals surface area contributed by atoms with E-state index in [9.17, 15) is 28.8 Å². The van der Waals surface area contributed by atoms with Gasteiger partial charge in [-0.15, -0.1) is 0 Å². The highest BCUT2D eigenvalue weighted by atomic mass is 32.2. The molecule has 2 aromatic heterocycles. The van der Waals surface area contributed by atoms with Crippen molar-refractivity contribution in [3.05, 3.63) is 108 Å². The second-order valence-electron chi connectivity index (χ2n) is 16.0. The summed E-state index contributed by atoms with van der Waals surface area (Å²) >= 11 is 1.89. The number of fused-ring (bicyclic) bond motifs is 3. The normalized spacial score (nSPS) is 20.1. The molecule has 61 heavy (non-hydrogen) atoms. The van der Waals surface area contributed by atoms with Gasteiger partial charge in [-0.05, 0) is 59.8 Å². The van der Waals surface area contributed by atoms with Crippen molar-refractivity contribution in [3.63, 3.8) is 0 Å². The van der Waals surface area contributed by atoms with Gasteiger partial charge in [-0.1, -0.05) is 73.2 Å². The van der Waals surface area contributed by atoms with E-state index in [-0.39, 0.29) is 43.7 Å². The highest BCUT2D eigenvalue weighted by Gasteiger charge is 2.42. The number of carbonyl (C=O) groups is 6. The number of H-pyrrole nitrogens is 2. The lowest BCUT2D eigenvalue weighted by Gasteiger charge is -2.25. The van der Waals surface area contributed by atoms with Crippen molar-refractivity contribution < 1.29 is 28.8 Å². The SMILES string of the molecule is O=C1CN(/N=C/C(Cc2ccccc2)NC(=O)C(Cc2c[nH]c3ccccc23)NC(=O)C(Cc2c[nH]c3ccccc23)NC(=O)CCCCC2SCC3CC(=O)NC32)C(=O)N1. The molecule has 15 nitrogen and oxygen atoms in total. The van der Waals surface area contributed by atoms with E-state index in [1.165, 1.54) is 6.21 Å². The van der Waals surface area contributed by atoms with Gasteiger partial charge in [-0.3, -0.25) is 29.3 Å². The van der Waals surface area contributed by atoms with Gasteiger partial charge in [0.2, 0.25) is 29.5 Å². The highest BCUT2D eigenvalue weighted by molar-refractivity contribution is 8.00. The molecule has 3 fully saturated rings. The average Bonchev–Trinajstić information content (AvgIpc) is 4.09. The second-order valence-corrected chi connectivity index (χ2v) is 17.2. The van der Waals surface area contributed by atoms with E-state index in [2.05, 4.69) is 41.7 Å². The predicted molar refractivity (Wildman–Crippen MR) is 233 cm³/mol. The van der Waals surface area contributed by atoms with Crippen LogP contribution >= 0.6 is 11.8 Å². The first kappa shape index (κ1) is 41.3. The lowest BCUT2D eigenvalue weighted by molar-refractivity contribution is -0.132. The molecule has 0 spiro atoms. The summed E-state index contributed by atoms with van der Waals surface area (Å²) in [5.41, 5.74) is 4.30. The van der Waals surface area contributed by atoms with E-state index in [4.69, 9.17) is 0 Å². The fourth-order valence-corrected chi connectivity index (χ4v) is 10.2. The van der Waals surface area contributed by atoms with Crippen molar-refractivity contribution in [2.24, 2.45) is 11.0 Å². The number of nitrogens with one attached hydrogen (secondary N) is 7. The number of aromatic nitrogens is 2. The molecule has 8 rings (SSSR count). The Balaban J connectivity index is 1.01. The maximum Gasteiger partial charge on any atom is 0.344 e. The number of thioether (sulfide) groups is 1. The number of hydrogen-bond donors (Lipinski definition) is 7. The molecule has 6 atom stereocenters. The third-order valence-corrected chi connectivity index (χ3v) is 13.2. The first-order valence-corrected chi connectivity index (χ1v) is 21.8. The summed E-state index contributed by atoms with van der Waals surface area (Å²) in [6, 6.07) is 21.5. The fourth-order valence-electron chi connectivity index (χ4n) is 8.51. The molecule has 6 unspecified atom stereocenters. The number of amides is 7. The second kappa shape index (κ2) is 18.9. The molecule has 0 aliphatic carbocycles. The van der Waals surface area contributed by atoms with Crippen LogP contribution in [0.5, 0.6) is 0 Å². The van der Waals surface area contributed by atoms with E-state index in [0.29, 0.717) is 30.4 Å². The molecule has 16 heteroatoms. The number of carbonyl (C=O) groups excluding carboxylic acids is 6. The Bertz CT molecular complexity index is 2450. The van der Waals surface area contributed by atoms with Crippen LogP contribution in [0.4, 0.5) is 4.79 Å². The number of aromatic amines is 2. The van der Waals surface area contributed by atoms with Crippen LogP contribution in [-0.2, 0) is 43.2 Å². The minimum absolute atomic E-state index is 0.118. The molecule has 7 N–H and O–H groups in total. The minimum atomic E-state index is -1.10. The number of imide groups is 1. The van der Waals surface area contributed by atoms with Crippen molar-refractivity contribution in [2.75, 3.05) is 12.3 Å². The van der Waals surface area contributed by atoms with Crippen molar-refractivity contribution in [2.45, 2.75) is 80.8 Å². The molecule has 3 aromatic carbocycles. The van der Waals surface area contributed by atoms with Crippen molar-refractivity contribution in [3.8, 4) is 0 Å². The largest absolute Gasteiger partial charge is 0.361 e. The Hall–Kier alpha value is -6.42. The molecule has 0 bridgehead atoms. The van der Waals surface area contributed by atoms with Crippen LogP contribution in [0.15, 0.2) is 96.4 Å². The smallest absolute Gasteiger partial charge is 0.344 e. The predicted octanol–water partition coefficient (Wildman–Crippen LogP) is 3.85. The third kappa shape index (κ3) is 10.1. The number of rotatable bonds is 18. The van der Waals surface area contributed by atoms with Gasteiger partial charge in [0, 0.05) is 77.4 Å². The van der Waals surface area contributed by atoms with Gasteiger partial charge in [0.05, 0.1) is 6.04 Å². The van der Waals surface area contributed by atoms with Gasteiger partial charge in [0.1, 0.15) is 18.6 Å². The molecule has 0 saturated carbocycles. The fraction of sp³-hybridized carbons (Fsp3) is 0.356. The molecule has 316 valence electrons. The van der Waals surface area contributed by atoms with Crippen LogP contribution in [0.25, 0.3) is 21.8 Å². The average molecular weight is 844 g/mol. The lowest BCUT2D eigenvalue weighted by atomic mass is 9.97. The lowest BCUT2D eigenvalue weighted by Crippen LogP contribution is -2.56. The topological polar surface area (TPSA) is 210 Å². The number of benzene rings is 3. The molecular formula is C45H49N9O6S. The van der Waals surface area contributed by atoms with Gasteiger partial charge >= 0.3 is 6.03 Å². The number of unbranched alkanes of at least 4 members (excludes halogenated alkanes) is 1. The van der Waals surface area contributed by atoms with E-state index >= 15 is 0 Å². The summed E-state index contributed by atoms with van der Waals surface area (Å²) in [4.78, 5) is 85.3. The number of urea groups is 1. The van der Waals surface area contributed by atoms with Gasteiger partial charge in [0.25, 0.3) is 0 Å². The number of para-hydroxylation sites is 2. The summed E-state index contributed by atoms with van der Waals surface area (Å²) < 4.78 is 0. The van der Waals surface area contributed by atoms with Crippen LogP contribution in [0.3, 0.4) is 0 Å². The molecule has 7 amide bonds. The molecule has 3 aliphatic heterocycles. The number of hydrogen-bond acceptors (Lipinski definition) is 8. The quantitative estimate of drug-likeness (QED) is 0.0394. The maximum atomic E-state index is 14.6. The Labute approximate surface area is 356 Å². The summed E-state index contributed by atoms with van der Waals surface area (Å²) in [5, 5.41) is 21.7. The Morgan fingerprint density at radius 3 is 2.08 bits per heavy atom. The molecule has 5 heterocycles. The van der Waals surface area contributed by atoms with Crippen LogP contribution < -0.4 is 26.6 Å². The van der Waals surface area contributed by atoms with Crippen molar-refractivity contribution >= 4 is 75.3 Å². The molecule has 3 saturated heterocycles. The summed E-state index contributed by atoms with van der Waals surface area (Å²) in [6.07, 6.45) is 8.80. The number of hydrazone groups is 1. The van der Waals surface area contributed by atoms with E-state index in [1.54, 1.807) is 0 Å². The maximum absolute atomic E-state index is 14.6. The van der Waals surface area contributed by atoms with Crippen LogP contribution in [0.1, 0.15) is 48.8 Å². The first-order chi connectivity index (χ1) is 29.7. The first-order valence-electron chi connectivity index (χ1n) is 20.8. The zero-order valence-electron chi connectivity index (χ0n) is 33.5. The number of nitrogens with zero attached hydrogens (tertiary/aromatic N) is 2. The van der Waals surface area contributed by atoms with Gasteiger partial charge in [-0.25, -0.2) is 9.80 Å². The van der Waals surface area contributed by atoms with E-state index in [1.807, 2.05) is 103 Å². The van der Waals surface area contributed by atoms with Crippen LogP contribution in [0, 0.1) is 5.92 Å². The summed E-state index contributed by atoms with van der Waals surface area (Å²) in [5.74, 6) is -0.313. The van der Waals surface area contributed by atoms with Gasteiger partial charge < -0.3 is 31.2 Å². The zero-order valence-corrected chi connectivity index (χ0v) is 34.3. The minimum Gasteiger partial charge on any atom is -0.361 e. The molecule has 5 aromatic rings. The molecule has 3 aliphatic rings. The zero-order chi connectivity index (χ0) is 42.3. The standard InChI is InChI=1S/C45H49N9O6S/c55-39(17-9-8-16-38-42-30(26-61-38)21-40(56)52-42)50-36(19-28-22-46-34-14-6-4-12-32(28)34)44(59)51-37(20-29-23-47-35-15-7-5-13-33(29)35)43(58)49-31(18-27-10-2-1-3-11-27)24-48-54-25-41(57)53-45(54)60/h1-7,10-15,22-24,30-31,36-38,42,46-47H,8-9,16-21,25-26H2,(H,49,58)(H,50,55)(H,51,59)(H,52,56)(H,53,57,60)/b48-24+. The summed E-state index contributed by atoms with van der Waals surface area (Å²) in [6.45, 7) is -0.246. The highest BCUT2D eigenvalue weighted by Crippen LogP contribution is 2.39. The third-order valence-electron chi connectivity index (χ3n) is 11.6. The molecular weight excluding hydrogens is 795 g/mol. The van der Waals surface area contributed by atoms with Gasteiger partial charge in [0.15, 0.2) is 0 Å². The summed E-state index contributed by atoms with van der Waals surface area (Å²) in [7, 11) is 0.